The van der Waals surface area contributed by atoms with Crippen molar-refractivity contribution in [2.45, 2.75) is 19.5 Å². The second-order valence-corrected chi connectivity index (χ2v) is 4.49. The van der Waals surface area contributed by atoms with E-state index >= 15 is 0 Å². The molecule has 0 spiro atoms. The number of ether oxygens (including phenoxy) is 1. The molecule has 0 aliphatic carbocycles. The van der Waals surface area contributed by atoms with Gasteiger partial charge in [0.2, 0.25) is 0 Å². The molecule has 6 heteroatoms. The predicted molar refractivity (Wildman–Crippen MR) is 72.9 cm³/mol. The van der Waals surface area contributed by atoms with Crippen LogP contribution in [0, 0.1) is 0 Å². The molecular formula is C13H18N4O2. The van der Waals surface area contributed by atoms with Crippen LogP contribution in [0.25, 0.3) is 0 Å². The van der Waals surface area contributed by atoms with Crippen LogP contribution >= 0.6 is 0 Å². The maximum Gasteiger partial charge on any atom is 0.255 e. The van der Waals surface area contributed by atoms with E-state index in [0.29, 0.717) is 18.3 Å². The summed E-state index contributed by atoms with van der Waals surface area (Å²) < 4.78 is 5.25. The molecule has 102 valence electrons. The van der Waals surface area contributed by atoms with E-state index in [1.165, 1.54) is 0 Å². The van der Waals surface area contributed by atoms with Crippen LogP contribution < -0.4 is 21.1 Å². The van der Waals surface area contributed by atoms with E-state index in [-0.39, 0.29) is 6.61 Å². The van der Waals surface area contributed by atoms with Gasteiger partial charge in [-0.05, 0) is 24.6 Å². The Bertz CT molecular complexity index is 487. The van der Waals surface area contributed by atoms with Crippen LogP contribution in [0.4, 0.5) is 0 Å². The molecule has 1 unspecified atom stereocenters. The van der Waals surface area contributed by atoms with Crippen LogP contribution in [-0.2, 0) is 11.3 Å². The second-order valence-electron chi connectivity index (χ2n) is 4.49. The van der Waals surface area contributed by atoms with Crippen molar-refractivity contribution in [1.82, 2.24) is 10.6 Å². The van der Waals surface area contributed by atoms with E-state index < -0.39 is 5.91 Å². The lowest BCUT2D eigenvalue weighted by molar-refractivity contribution is -0.119. The average molecular weight is 262 g/mol. The van der Waals surface area contributed by atoms with Crippen LogP contribution in [0.2, 0.25) is 0 Å². The van der Waals surface area contributed by atoms with E-state index in [9.17, 15) is 4.79 Å². The fourth-order valence-electron chi connectivity index (χ4n) is 1.75. The third kappa shape index (κ3) is 4.17. The highest BCUT2D eigenvalue weighted by atomic mass is 16.5. The number of carbonyl (C=O) groups is 1. The summed E-state index contributed by atoms with van der Waals surface area (Å²) in [6.07, 6.45) is 0. The normalized spacial score (nSPS) is 17.5. The minimum atomic E-state index is -0.484. The maximum atomic E-state index is 10.6. The summed E-state index contributed by atoms with van der Waals surface area (Å²) in [5, 5.41) is 6.44. The molecule has 19 heavy (non-hydrogen) atoms. The highest BCUT2D eigenvalue weighted by Gasteiger charge is 2.11. The van der Waals surface area contributed by atoms with Gasteiger partial charge in [-0.2, -0.15) is 0 Å². The van der Waals surface area contributed by atoms with Crippen LogP contribution in [0.3, 0.4) is 0 Å². The number of nitrogens with two attached hydrogens (primary N) is 1. The first kappa shape index (κ1) is 13.2. The van der Waals surface area contributed by atoms with Crippen LogP contribution in [-0.4, -0.2) is 31.1 Å². The highest BCUT2D eigenvalue weighted by Crippen LogP contribution is 2.13. The van der Waals surface area contributed by atoms with Crippen molar-refractivity contribution >= 4 is 11.9 Å². The van der Waals surface area contributed by atoms with Crippen molar-refractivity contribution in [3.8, 4) is 5.75 Å². The van der Waals surface area contributed by atoms with Crippen LogP contribution in [0.1, 0.15) is 12.5 Å². The smallest absolute Gasteiger partial charge is 0.255 e. The SMILES string of the molecule is CC1CN=C(NCc2cccc(OCC(N)=O)c2)N1. The molecule has 0 radical (unpaired) electrons. The molecule has 1 aliphatic rings. The standard InChI is InChI=1S/C13H18N4O2/c1-9-6-15-13(17-9)16-7-10-3-2-4-11(5-10)19-8-12(14)18/h2-5,9H,6-8H2,1H3,(H2,14,18)(H2,15,16,17). The zero-order chi connectivity index (χ0) is 13.7. The lowest BCUT2D eigenvalue weighted by Gasteiger charge is -2.10. The van der Waals surface area contributed by atoms with Crippen LogP contribution in [0.5, 0.6) is 5.75 Å². The molecule has 4 N–H and O–H groups in total. The Labute approximate surface area is 112 Å². The minimum absolute atomic E-state index is 0.108. The summed E-state index contributed by atoms with van der Waals surface area (Å²) in [5.41, 5.74) is 6.08. The van der Waals surface area contributed by atoms with Crippen molar-refractivity contribution in [1.29, 1.82) is 0 Å². The number of aliphatic imine (C=N–C) groups is 1. The number of rotatable bonds is 5. The van der Waals surface area contributed by atoms with E-state index in [1.54, 1.807) is 6.07 Å². The molecule has 2 rings (SSSR count). The fourth-order valence-corrected chi connectivity index (χ4v) is 1.75. The third-order valence-electron chi connectivity index (χ3n) is 2.65. The summed E-state index contributed by atoms with van der Waals surface area (Å²) >= 11 is 0. The second kappa shape index (κ2) is 6.08. The third-order valence-corrected chi connectivity index (χ3v) is 2.65. The first-order valence-electron chi connectivity index (χ1n) is 6.18. The van der Waals surface area contributed by atoms with Crippen molar-refractivity contribution < 1.29 is 9.53 Å². The van der Waals surface area contributed by atoms with Gasteiger partial charge in [0, 0.05) is 12.6 Å². The van der Waals surface area contributed by atoms with Crippen molar-refractivity contribution in [3.05, 3.63) is 29.8 Å². The topological polar surface area (TPSA) is 88.7 Å². The van der Waals surface area contributed by atoms with E-state index in [4.69, 9.17) is 10.5 Å². The number of carbonyl (C=O) groups excluding carboxylic acids is 1. The highest BCUT2D eigenvalue weighted by molar-refractivity contribution is 5.81. The van der Waals surface area contributed by atoms with Gasteiger partial charge in [-0.3, -0.25) is 9.79 Å². The lowest BCUT2D eigenvalue weighted by Crippen LogP contribution is -2.37. The van der Waals surface area contributed by atoms with Crippen molar-refractivity contribution in [2.24, 2.45) is 10.7 Å². The molecule has 1 amide bonds. The number of guanidine groups is 1. The van der Waals surface area contributed by atoms with Gasteiger partial charge in [-0.1, -0.05) is 12.1 Å². The Kier molecular flexibility index (Phi) is 4.22. The van der Waals surface area contributed by atoms with Gasteiger partial charge < -0.3 is 21.1 Å². The first-order chi connectivity index (χ1) is 9.13. The molecule has 0 aromatic heterocycles. The zero-order valence-electron chi connectivity index (χ0n) is 10.8. The Morgan fingerprint density at radius 3 is 3.16 bits per heavy atom. The Hall–Kier alpha value is -2.24. The van der Waals surface area contributed by atoms with E-state index in [2.05, 4.69) is 22.5 Å². The number of benzene rings is 1. The summed E-state index contributed by atoms with van der Waals surface area (Å²) in [4.78, 5) is 15.0. The zero-order valence-corrected chi connectivity index (χ0v) is 10.8. The number of nitrogens with zero attached hydrogens (tertiary/aromatic N) is 1. The molecule has 1 heterocycles. The number of hydrogen-bond acceptors (Lipinski definition) is 5. The van der Waals surface area contributed by atoms with Gasteiger partial charge in [0.05, 0.1) is 6.54 Å². The lowest BCUT2D eigenvalue weighted by atomic mass is 10.2. The van der Waals surface area contributed by atoms with Gasteiger partial charge in [-0.15, -0.1) is 0 Å². The number of hydrogen-bond donors (Lipinski definition) is 3. The van der Waals surface area contributed by atoms with Gasteiger partial charge in [0.1, 0.15) is 5.75 Å². The monoisotopic (exact) mass is 262 g/mol. The van der Waals surface area contributed by atoms with Gasteiger partial charge in [-0.25, -0.2) is 0 Å². The van der Waals surface area contributed by atoms with Crippen LogP contribution in [0.15, 0.2) is 29.3 Å². The maximum absolute atomic E-state index is 10.6. The predicted octanol–water partition coefficient (Wildman–Crippen LogP) is -0.0120. The number of primary amides is 1. The number of amides is 1. The van der Waals surface area contributed by atoms with E-state index in [0.717, 1.165) is 18.1 Å². The molecule has 1 atom stereocenters. The summed E-state index contributed by atoms with van der Waals surface area (Å²) in [6.45, 7) is 3.41. The molecule has 0 saturated carbocycles. The largest absolute Gasteiger partial charge is 0.484 e. The quantitative estimate of drug-likeness (QED) is 0.696. The Balaban J connectivity index is 1.86. The number of nitrogens with one attached hydrogen (secondary N) is 2. The average Bonchev–Trinajstić information content (AvgIpc) is 2.80. The van der Waals surface area contributed by atoms with Gasteiger partial charge in [0.15, 0.2) is 12.6 Å². The molecule has 6 nitrogen and oxygen atoms in total. The molecule has 1 aromatic carbocycles. The molecule has 0 bridgehead atoms. The Morgan fingerprint density at radius 1 is 1.63 bits per heavy atom. The first-order valence-corrected chi connectivity index (χ1v) is 6.18. The fraction of sp³-hybridized carbons (Fsp3) is 0.385. The summed E-state index contributed by atoms with van der Waals surface area (Å²) in [7, 11) is 0. The van der Waals surface area contributed by atoms with Crippen molar-refractivity contribution in [3.63, 3.8) is 0 Å². The molecule has 0 saturated heterocycles. The Morgan fingerprint density at radius 2 is 2.47 bits per heavy atom. The molecule has 0 fully saturated rings. The van der Waals surface area contributed by atoms with Gasteiger partial charge in [0.25, 0.3) is 5.91 Å². The molecular weight excluding hydrogens is 244 g/mol. The molecule has 1 aliphatic heterocycles. The summed E-state index contributed by atoms with van der Waals surface area (Å²) in [6, 6.07) is 7.89. The molecule has 1 aromatic rings. The van der Waals surface area contributed by atoms with Crippen molar-refractivity contribution in [2.75, 3.05) is 13.2 Å². The summed E-state index contributed by atoms with van der Waals surface area (Å²) in [5.74, 6) is 0.964. The van der Waals surface area contributed by atoms with Gasteiger partial charge >= 0.3 is 0 Å². The van der Waals surface area contributed by atoms with E-state index in [1.807, 2.05) is 18.2 Å². The minimum Gasteiger partial charge on any atom is -0.484 e.